The first kappa shape index (κ1) is 40.0. The molecule has 0 aliphatic rings. The van der Waals surface area contributed by atoms with Crippen LogP contribution in [0.5, 0.6) is 0 Å². The van der Waals surface area contributed by atoms with Crippen molar-refractivity contribution in [3.8, 4) is 28.3 Å². The number of hydrogen-bond acceptors (Lipinski definition) is 4. The molecule has 0 N–H and O–H groups in total. The molecule has 0 fully saturated rings. The predicted octanol–water partition coefficient (Wildman–Crippen LogP) is 12.3. The Bertz CT molecular complexity index is 2540. The van der Waals surface area contributed by atoms with Crippen molar-refractivity contribution in [2.45, 2.75) is 79.4 Å². The Morgan fingerprint density at radius 1 is 0.745 bits per heavy atom. The fourth-order valence-corrected chi connectivity index (χ4v) is 8.99. The van der Waals surface area contributed by atoms with Crippen LogP contribution in [0.4, 0.5) is 0 Å². The van der Waals surface area contributed by atoms with E-state index in [9.17, 15) is 0 Å². The first-order valence-corrected chi connectivity index (χ1v) is 22.7. The van der Waals surface area contributed by atoms with Gasteiger partial charge in [0.25, 0.3) is 0 Å². The van der Waals surface area contributed by atoms with Crippen LogP contribution >= 0.6 is 0 Å². The minimum absolute atomic E-state index is 0. The number of nitrogens with zero attached hydrogens (tertiary/aromatic N) is 4. The number of benzene rings is 4. The summed E-state index contributed by atoms with van der Waals surface area (Å²) in [4.78, 5) is 13.8. The first-order chi connectivity index (χ1) is 25.9. The van der Waals surface area contributed by atoms with Crippen LogP contribution in [0.15, 0.2) is 114 Å². The molecule has 0 unspecified atom stereocenters. The van der Waals surface area contributed by atoms with E-state index in [0.717, 1.165) is 62.0 Å². The molecule has 0 atom stereocenters. The van der Waals surface area contributed by atoms with Crippen molar-refractivity contribution >= 4 is 46.2 Å². The van der Waals surface area contributed by atoms with Crippen molar-refractivity contribution in [2.24, 2.45) is 5.92 Å². The molecule has 283 valence electrons. The third-order valence-electron chi connectivity index (χ3n) is 10.0. The van der Waals surface area contributed by atoms with E-state index in [4.69, 9.17) is 9.40 Å². The largest absolute Gasteiger partial charge is 0.500 e. The monoisotopic (exact) mass is 919 g/mol. The Morgan fingerprint density at radius 2 is 1.45 bits per heavy atom. The van der Waals surface area contributed by atoms with Gasteiger partial charge >= 0.3 is 0 Å². The van der Waals surface area contributed by atoms with Gasteiger partial charge in [-0.25, -0.2) is 0 Å². The molecule has 4 aromatic heterocycles. The summed E-state index contributed by atoms with van der Waals surface area (Å²) in [7, 11) is -1.35. The van der Waals surface area contributed by atoms with Gasteiger partial charge in [-0.15, -0.1) is 29.8 Å². The number of furan rings is 1. The van der Waals surface area contributed by atoms with E-state index in [1.165, 1.54) is 27.6 Å². The molecule has 8 rings (SSSR count). The Kier molecular flexibility index (Phi) is 12.1. The maximum atomic E-state index is 6.06. The van der Waals surface area contributed by atoms with E-state index in [1.807, 2.05) is 24.3 Å². The molecular weight excluding hydrogens is 869 g/mol. The SMILES string of the molecule is CC(C)Cc1cc(-c2[c-]cncc2)ncc1[Si](C)(C)C.CC(C)c1cccc(C(C)C)c1-n1c(-c2[c-]cc3oc4ccccc4c3c2)nc2ccccc21.[Ir]. The minimum Gasteiger partial charge on any atom is -0.500 e. The second-order valence-electron chi connectivity index (χ2n) is 16.3. The average Bonchev–Trinajstić information content (AvgIpc) is 3.72. The van der Waals surface area contributed by atoms with Crippen molar-refractivity contribution in [2.75, 3.05) is 0 Å². The van der Waals surface area contributed by atoms with Crippen LogP contribution in [0.3, 0.4) is 0 Å². The molecule has 0 bridgehead atoms. The quantitative estimate of drug-likeness (QED) is 0.113. The standard InChI is InChI=1S/C31H27N2O.C17H23N2Si.Ir/c1-19(2)22-11-9-12-23(20(3)4)30(22)33-27-14-7-6-13-26(27)32-31(33)21-16-17-29-25(18-21)24-10-5-8-15-28(24)34-29;1-13(2)10-15-11-16(14-6-8-18-9-7-14)19-12-17(15)20(3,4)5;/h5-15,17-20H,1-4H3;6,8-9,11-13H,10H2,1-5H3;/q2*-1;. The van der Waals surface area contributed by atoms with E-state index in [1.54, 1.807) is 12.4 Å². The van der Waals surface area contributed by atoms with E-state index in [-0.39, 0.29) is 20.1 Å². The van der Waals surface area contributed by atoms with Crippen molar-refractivity contribution in [3.63, 3.8) is 0 Å². The molecule has 4 heterocycles. The average molecular weight is 919 g/mol. The molecular formula is C48H50IrN4OSi-2. The molecule has 0 spiro atoms. The number of pyridine rings is 2. The third-order valence-corrected chi connectivity index (χ3v) is 12.1. The van der Waals surface area contributed by atoms with E-state index >= 15 is 0 Å². The number of aromatic nitrogens is 4. The zero-order valence-electron chi connectivity index (χ0n) is 33.4. The summed E-state index contributed by atoms with van der Waals surface area (Å²) in [6.45, 7) is 20.7. The first-order valence-electron chi connectivity index (χ1n) is 19.2. The van der Waals surface area contributed by atoms with Crippen LogP contribution < -0.4 is 5.19 Å². The van der Waals surface area contributed by atoms with Crippen LogP contribution in [0, 0.1) is 18.1 Å². The van der Waals surface area contributed by atoms with Crippen molar-refractivity contribution in [3.05, 3.63) is 138 Å². The fraction of sp³-hybridized carbons (Fsp3) is 0.271. The van der Waals surface area contributed by atoms with Gasteiger partial charge in [0, 0.05) is 37.4 Å². The number of para-hydroxylation sites is 4. The maximum Gasteiger partial charge on any atom is 0.120 e. The topological polar surface area (TPSA) is 56.7 Å². The van der Waals surface area contributed by atoms with Crippen LogP contribution in [0.1, 0.15) is 70.1 Å². The van der Waals surface area contributed by atoms with Crippen molar-refractivity contribution in [1.29, 1.82) is 0 Å². The summed E-state index contributed by atoms with van der Waals surface area (Å²) in [5, 5.41) is 3.68. The van der Waals surface area contributed by atoms with Crippen LogP contribution in [0.2, 0.25) is 19.6 Å². The van der Waals surface area contributed by atoms with Gasteiger partial charge in [0.05, 0.1) is 30.5 Å². The molecule has 0 saturated carbocycles. The normalized spacial score (nSPS) is 11.8. The summed E-state index contributed by atoms with van der Waals surface area (Å²) < 4.78 is 8.41. The zero-order valence-corrected chi connectivity index (χ0v) is 36.8. The number of rotatable bonds is 8. The summed E-state index contributed by atoms with van der Waals surface area (Å²) in [5.74, 6) is 2.32. The molecule has 0 saturated heterocycles. The zero-order chi connectivity index (χ0) is 38.1. The maximum absolute atomic E-state index is 6.06. The molecule has 8 aromatic rings. The summed E-state index contributed by atoms with van der Waals surface area (Å²) >= 11 is 0. The molecule has 1 radical (unpaired) electrons. The second kappa shape index (κ2) is 16.6. The van der Waals surface area contributed by atoms with Gasteiger partial charge in [-0.1, -0.05) is 127 Å². The molecule has 55 heavy (non-hydrogen) atoms. The van der Waals surface area contributed by atoms with E-state index in [0.29, 0.717) is 17.8 Å². The third kappa shape index (κ3) is 8.30. The molecule has 0 amide bonds. The smallest absolute Gasteiger partial charge is 0.120 e. The van der Waals surface area contributed by atoms with E-state index in [2.05, 4.69) is 161 Å². The van der Waals surface area contributed by atoms with Gasteiger partial charge in [0.1, 0.15) is 5.58 Å². The molecule has 7 heteroatoms. The minimum atomic E-state index is -1.35. The Hall–Kier alpha value is -4.68. The van der Waals surface area contributed by atoms with E-state index < -0.39 is 8.07 Å². The van der Waals surface area contributed by atoms with Gasteiger partial charge < -0.3 is 14.0 Å². The Balaban J connectivity index is 0.000000211. The Labute approximate surface area is 340 Å². The van der Waals surface area contributed by atoms with Gasteiger partial charge in [0.15, 0.2) is 0 Å². The van der Waals surface area contributed by atoms with Crippen LogP contribution in [-0.4, -0.2) is 27.6 Å². The summed E-state index contributed by atoms with van der Waals surface area (Å²) in [6, 6.07) is 38.2. The van der Waals surface area contributed by atoms with Gasteiger partial charge in [-0.2, -0.15) is 11.6 Å². The van der Waals surface area contributed by atoms with Gasteiger partial charge in [-0.05, 0) is 76.8 Å². The molecule has 0 aliphatic carbocycles. The summed E-state index contributed by atoms with van der Waals surface area (Å²) in [6.07, 6.45) is 6.70. The van der Waals surface area contributed by atoms with Crippen molar-refractivity contribution in [1.82, 2.24) is 19.5 Å². The van der Waals surface area contributed by atoms with Crippen LogP contribution in [0.25, 0.3) is 61.3 Å². The molecule has 5 nitrogen and oxygen atoms in total. The second-order valence-corrected chi connectivity index (χ2v) is 21.3. The summed E-state index contributed by atoms with van der Waals surface area (Å²) in [5.41, 5.74) is 12.2. The molecule has 4 aromatic carbocycles. The number of hydrogen-bond donors (Lipinski definition) is 0. The number of fused-ring (bicyclic) bond motifs is 4. The Morgan fingerprint density at radius 3 is 2.13 bits per heavy atom. The van der Waals surface area contributed by atoms with Gasteiger partial charge in [0.2, 0.25) is 0 Å². The molecule has 0 aliphatic heterocycles. The number of imidazole rings is 1. The van der Waals surface area contributed by atoms with Crippen LogP contribution in [-0.2, 0) is 26.5 Å². The predicted molar refractivity (Wildman–Crippen MR) is 229 cm³/mol. The fourth-order valence-electron chi connectivity index (χ4n) is 7.41. The van der Waals surface area contributed by atoms with Crippen molar-refractivity contribution < 1.29 is 24.5 Å². The van der Waals surface area contributed by atoms with Gasteiger partial charge in [-0.3, -0.25) is 9.97 Å².